The molecule has 1 fully saturated rings. The van der Waals surface area contributed by atoms with E-state index in [1.807, 2.05) is 12.1 Å². The molecule has 1 aliphatic rings. The van der Waals surface area contributed by atoms with Gasteiger partial charge in [0.15, 0.2) is 0 Å². The highest BCUT2D eigenvalue weighted by atomic mass is 15.2. The molecular formula is C19H25N3. The Balaban J connectivity index is 1.70. The third kappa shape index (κ3) is 3.60. The minimum absolute atomic E-state index is 0.836. The minimum Gasteiger partial charge on any atom is -0.399 e. The molecule has 0 saturated carbocycles. The average Bonchev–Trinajstić information content (AvgIpc) is 3.02. The van der Waals surface area contributed by atoms with Gasteiger partial charge in [0, 0.05) is 37.6 Å². The first kappa shape index (κ1) is 14.9. The van der Waals surface area contributed by atoms with Crippen LogP contribution in [-0.2, 0) is 13.1 Å². The number of hydrogen-bond acceptors (Lipinski definition) is 3. The highest BCUT2D eigenvalue weighted by Gasteiger charge is 2.16. The Kier molecular flexibility index (Phi) is 4.64. The summed E-state index contributed by atoms with van der Waals surface area (Å²) in [5.41, 5.74) is 10.8. The second-order valence-corrected chi connectivity index (χ2v) is 6.24. The SMILES string of the molecule is CN(Cc1cccc(N)c1)Cc1ccccc1N1CCCC1. The van der Waals surface area contributed by atoms with Crippen molar-refractivity contribution in [3.8, 4) is 0 Å². The van der Waals surface area contributed by atoms with Crippen molar-refractivity contribution in [1.29, 1.82) is 0 Å². The van der Waals surface area contributed by atoms with Crippen LogP contribution in [0.15, 0.2) is 48.5 Å². The predicted octanol–water partition coefficient (Wildman–Crippen LogP) is 3.50. The van der Waals surface area contributed by atoms with Crippen molar-refractivity contribution in [3.05, 3.63) is 59.7 Å². The van der Waals surface area contributed by atoms with Crippen LogP contribution in [0.25, 0.3) is 0 Å². The van der Waals surface area contributed by atoms with Crippen LogP contribution >= 0.6 is 0 Å². The molecular weight excluding hydrogens is 270 g/mol. The fraction of sp³-hybridized carbons (Fsp3) is 0.368. The van der Waals surface area contributed by atoms with Crippen LogP contribution in [0.1, 0.15) is 24.0 Å². The minimum atomic E-state index is 0.836. The zero-order valence-electron chi connectivity index (χ0n) is 13.3. The van der Waals surface area contributed by atoms with Gasteiger partial charge in [-0.1, -0.05) is 30.3 Å². The quantitative estimate of drug-likeness (QED) is 0.857. The molecule has 22 heavy (non-hydrogen) atoms. The van der Waals surface area contributed by atoms with Crippen molar-refractivity contribution in [2.75, 3.05) is 30.8 Å². The van der Waals surface area contributed by atoms with Gasteiger partial charge in [0.2, 0.25) is 0 Å². The molecule has 0 amide bonds. The standard InChI is InChI=1S/C19H25N3/c1-21(14-16-7-6-9-18(20)13-16)15-17-8-2-3-10-19(17)22-11-4-5-12-22/h2-3,6-10,13H,4-5,11-12,14-15,20H2,1H3. The summed E-state index contributed by atoms with van der Waals surface area (Å²) in [4.78, 5) is 4.87. The number of nitrogens with two attached hydrogens (primary N) is 1. The second kappa shape index (κ2) is 6.84. The fourth-order valence-electron chi connectivity index (χ4n) is 3.26. The van der Waals surface area contributed by atoms with Crippen LogP contribution in [-0.4, -0.2) is 25.0 Å². The Morgan fingerprint density at radius 1 is 1.00 bits per heavy atom. The van der Waals surface area contributed by atoms with Gasteiger partial charge < -0.3 is 10.6 Å². The summed E-state index contributed by atoms with van der Waals surface area (Å²) in [5.74, 6) is 0. The summed E-state index contributed by atoms with van der Waals surface area (Å²) < 4.78 is 0. The maximum Gasteiger partial charge on any atom is 0.0411 e. The van der Waals surface area contributed by atoms with E-state index >= 15 is 0 Å². The molecule has 0 atom stereocenters. The van der Waals surface area contributed by atoms with Crippen LogP contribution < -0.4 is 10.6 Å². The van der Waals surface area contributed by atoms with Gasteiger partial charge in [-0.25, -0.2) is 0 Å². The number of para-hydroxylation sites is 1. The average molecular weight is 295 g/mol. The lowest BCUT2D eigenvalue weighted by Crippen LogP contribution is -2.23. The van der Waals surface area contributed by atoms with E-state index in [0.717, 1.165) is 18.8 Å². The van der Waals surface area contributed by atoms with Gasteiger partial charge in [0.1, 0.15) is 0 Å². The van der Waals surface area contributed by atoms with Crippen LogP contribution in [0.4, 0.5) is 11.4 Å². The van der Waals surface area contributed by atoms with Crippen molar-refractivity contribution in [2.45, 2.75) is 25.9 Å². The van der Waals surface area contributed by atoms with E-state index < -0.39 is 0 Å². The number of nitrogen functional groups attached to an aromatic ring is 1. The van der Waals surface area contributed by atoms with Gasteiger partial charge in [0.05, 0.1) is 0 Å². The van der Waals surface area contributed by atoms with Gasteiger partial charge >= 0.3 is 0 Å². The lowest BCUT2D eigenvalue weighted by Gasteiger charge is -2.24. The first-order valence-electron chi connectivity index (χ1n) is 8.08. The molecule has 3 heteroatoms. The van der Waals surface area contributed by atoms with Crippen molar-refractivity contribution >= 4 is 11.4 Å². The van der Waals surface area contributed by atoms with Crippen molar-refractivity contribution in [2.24, 2.45) is 0 Å². The van der Waals surface area contributed by atoms with Gasteiger partial charge in [-0.05, 0) is 49.2 Å². The van der Waals surface area contributed by atoms with E-state index in [-0.39, 0.29) is 0 Å². The number of hydrogen-bond donors (Lipinski definition) is 1. The number of benzene rings is 2. The Morgan fingerprint density at radius 3 is 2.55 bits per heavy atom. The van der Waals surface area contributed by atoms with Crippen molar-refractivity contribution in [3.63, 3.8) is 0 Å². The topological polar surface area (TPSA) is 32.5 Å². The third-order valence-electron chi connectivity index (χ3n) is 4.28. The highest BCUT2D eigenvalue weighted by molar-refractivity contribution is 5.54. The lowest BCUT2D eigenvalue weighted by molar-refractivity contribution is 0.319. The number of rotatable bonds is 5. The molecule has 1 saturated heterocycles. The zero-order valence-corrected chi connectivity index (χ0v) is 13.3. The molecule has 0 spiro atoms. The molecule has 116 valence electrons. The summed E-state index contributed by atoms with van der Waals surface area (Å²) in [6.45, 7) is 4.26. The van der Waals surface area contributed by atoms with Crippen molar-refractivity contribution < 1.29 is 0 Å². The molecule has 2 aromatic rings. The summed E-state index contributed by atoms with van der Waals surface area (Å²) in [7, 11) is 2.17. The molecule has 0 bridgehead atoms. The molecule has 0 radical (unpaired) electrons. The van der Waals surface area contributed by atoms with Crippen molar-refractivity contribution in [1.82, 2.24) is 4.90 Å². The Hall–Kier alpha value is -2.00. The summed E-state index contributed by atoms with van der Waals surface area (Å²) in [5, 5.41) is 0. The Labute approximate surface area is 133 Å². The number of nitrogens with zero attached hydrogens (tertiary/aromatic N) is 2. The molecule has 3 rings (SSSR count). The third-order valence-corrected chi connectivity index (χ3v) is 4.28. The summed E-state index contributed by atoms with van der Waals surface area (Å²) in [6.07, 6.45) is 2.63. The van der Waals surface area contributed by atoms with E-state index in [9.17, 15) is 0 Å². The first-order valence-corrected chi connectivity index (χ1v) is 8.08. The predicted molar refractivity (Wildman–Crippen MR) is 93.9 cm³/mol. The van der Waals surface area contributed by atoms with Crippen LogP contribution in [0.3, 0.4) is 0 Å². The van der Waals surface area contributed by atoms with Crippen LogP contribution in [0.5, 0.6) is 0 Å². The molecule has 2 aromatic carbocycles. The number of anilines is 2. The fourth-order valence-corrected chi connectivity index (χ4v) is 3.26. The molecule has 0 aliphatic carbocycles. The van der Waals surface area contributed by atoms with Crippen LogP contribution in [0, 0.1) is 0 Å². The molecule has 0 aromatic heterocycles. The molecule has 2 N–H and O–H groups in total. The second-order valence-electron chi connectivity index (χ2n) is 6.24. The summed E-state index contributed by atoms with van der Waals surface area (Å²) in [6, 6.07) is 17.0. The monoisotopic (exact) mass is 295 g/mol. The van der Waals surface area contributed by atoms with Gasteiger partial charge in [-0.2, -0.15) is 0 Å². The van der Waals surface area contributed by atoms with E-state index in [4.69, 9.17) is 5.73 Å². The van der Waals surface area contributed by atoms with E-state index in [1.165, 1.54) is 42.7 Å². The summed E-state index contributed by atoms with van der Waals surface area (Å²) >= 11 is 0. The highest BCUT2D eigenvalue weighted by Crippen LogP contribution is 2.25. The molecule has 0 unspecified atom stereocenters. The van der Waals surface area contributed by atoms with E-state index in [0.29, 0.717) is 0 Å². The largest absolute Gasteiger partial charge is 0.399 e. The first-order chi connectivity index (χ1) is 10.7. The Bertz CT molecular complexity index is 618. The van der Waals surface area contributed by atoms with Gasteiger partial charge in [-0.3, -0.25) is 4.90 Å². The van der Waals surface area contributed by atoms with Gasteiger partial charge in [-0.15, -0.1) is 0 Å². The Morgan fingerprint density at radius 2 is 1.77 bits per heavy atom. The lowest BCUT2D eigenvalue weighted by atomic mass is 10.1. The molecule has 1 aliphatic heterocycles. The molecule has 1 heterocycles. The zero-order chi connectivity index (χ0) is 15.4. The maximum atomic E-state index is 5.87. The van der Waals surface area contributed by atoms with E-state index in [1.54, 1.807) is 0 Å². The normalized spacial score (nSPS) is 14.7. The van der Waals surface area contributed by atoms with E-state index in [2.05, 4.69) is 53.2 Å². The maximum absolute atomic E-state index is 5.87. The molecule has 3 nitrogen and oxygen atoms in total. The smallest absolute Gasteiger partial charge is 0.0411 e. The van der Waals surface area contributed by atoms with Crippen LogP contribution in [0.2, 0.25) is 0 Å². The van der Waals surface area contributed by atoms with Gasteiger partial charge in [0.25, 0.3) is 0 Å².